The van der Waals surface area contributed by atoms with Crippen LogP contribution in [0.2, 0.25) is 0 Å². The van der Waals surface area contributed by atoms with E-state index in [1.165, 1.54) is 0 Å². The summed E-state index contributed by atoms with van der Waals surface area (Å²) in [5.74, 6) is -1.00. The van der Waals surface area contributed by atoms with E-state index in [0.717, 1.165) is 21.0 Å². The number of nitrogens with one attached hydrogen (secondary N) is 2. The van der Waals surface area contributed by atoms with Crippen LogP contribution in [0.5, 0.6) is 0 Å². The average molecular weight is 492 g/mol. The minimum absolute atomic E-state index is 0.146. The number of hydrogen-bond acceptors (Lipinski definition) is 4. The molecule has 0 bridgehead atoms. The smallest absolute Gasteiger partial charge is 0.265 e. The summed E-state index contributed by atoms with van der Waals surface area (Å²) < 4.78 is 29.3. The molecular weight excluding hydrogens is 462 g/mol. The van der Waals surface area contributed by atoms with Gasteiger partial charge in [0.2, 0.25) is 11.8 Å². The number of sulfonamides is 1. The molecule has 3 aromatic rings. The van der Waals surface area contributed by atoms with Crippen LogP contribution in [0.15, 0.2) is 59.5 Å². The summed E-state index contributed by atoms with van der Waals surface area (Å²) in [7, 11) is -4.18. The van der Waals surface area contributed by atoms with Crippen LogP contribution < -0.4 is 14.9 Å². The first kappa shape index (κ1) is 24.5. The van der Waals surface area contributed by atoms with E-state index < -0.39 is 27.9 Å². The molecule has 0 aliphatic carbocycles. The Hall–Kier alpha value is -3.65. The zero-order valence-corrected chi connectivity index (χ0v) is 21.3. The monoisotopic (exact) mass is 491 g/mol. The van der Waals surface area contributed by atoms with Crippen molar-refractivity contribution in [1.29, 1.82) is 0 Å². The lowest BCUT2D eigenvalue weighted by atomic mass is 10.1. The van der Waals surface area contributed by atoms with Crippen molar-refractivity contribution in [1.82, 2.24) is 0 Å². The number of nitrogens with zero attached hydrogens (tertiary/aromatic N) is 1. The van der Waals surface area contributed by atoms with E-state index in [1.54, 1.807) is 50.2 Å². The largest absolute Gasteiger partial charge is 0.326 e. The number of benzene rings is 3. The van der Waals surface area contributed by atoms with Crippen molar-refractivity contribution in [2.24, 2.45) is 0 Å². The number of aryl methyl sites for hydroxylation is 5. The van der Waals surface area contributed by atoms with Crippen molar-refractivity contribution in [3.63, 3.8) is 0 Å². The van der Waals surface area contributed by atoms with Crippen LogP contribution in [-0.2, 0) is 19.6 Å². The van der Waals surface area contributed by atoms with Gasteiger partial charge in [-0.2, -0.15) is 0 Å². The maximum Gasteiger partial charge on any atom is 0.265 e. The molecule has 0 fully saturated rings. The molecule has 2 amide bonds. The second-order valence-corrected chi connectivity index (χ2v) is 10.9. The van der Waals surface area contributed by atoms with Gasteiger partial charge in [-0.1, -0.05) is 35.9 Å². The summed E-state index contributed by atoms with van der Waals surface area (Å²) in [5.41, 5.74) is 5.40. The van der Waals surface area contributed by atoms with Crippen molar-refractivity contribution >= 4 is 38.9 Å². The molecule has 7 nitrogen and oxygen atoms in total. The fraction of sp³-hybridized carbons (Fsp3) is 0.259. The van der Waals surface area contributed by atoms with Crippen LogP contribution in [0.25, 0.3) is 0 Å². The Balaban J connectivity index is 1.77. The minimum atomic E-state index is -4.18. The van der Waals surface area contributed by atoms with E-state index in [-0.39, 0.29) is 11.3 Å². The van der Waals surface area contributed by atoms with Gasteiger partial charge in [0.25, 0.3) is 10.0 Å². The second-order valence-electron chi connectivity index (χ2n) is 9.18. The Kier molecular flexibility index (Phi) is 6.42. The second kappa shape index (κ2) is 9.19. The third-order valence-corrected chi connectivity index (χ3v) is 8.12. The van der Waals surface area contributed by atoms with E-state index in [9.17, 15) is 18.0 Å². The zero-order valence-electron chi connectivity index (χ0n) is 20.5. The number of rotatable bonds is 5. The summed E-state index contributed by atoms with van der Waals surface area (Å²) in [6.45, 7) is 9.23. The highest BCUT2D eigenvalue weighted by atomic mass is 32.2. The van der Waals surface area contributed by atoms with E-state index in [0.29, 0.717) is 28.2 Å². The predicted octanol–water partition coefficient (Wildman–Crippen LogP) is 4.77. The highest BCUT2D eigenvalue weighted by molar-refractivity contribution is 7.93. The average Bonchev–Trinajstić information content (AvgIpc) is 2.72. The number of carbonyl (C=O) groups is 2. The lowest BCUT2D eigenvalue weighted by molar-refractivity contribution is -0.122. The number of anilines is 3. The van der Waals surface area contributed by atoms with Crippen molar-refractivity contribution < 1.29 is 18.0 Å². The van der Waals surface area contributed by atoms with E-state index in [4.69, 9.17) is 0 Å². The van der Waals surface area contributed by atoms with Gasteiger partial charge in [0.1, 0.15) is 6.04 Å². The fourth-order valence-electron chi connectivity index (χ4n) is 4.84. The van der Waals surface area contributed by atoms with Crippen LogP contribution in [0, 0.1) is 34.6 Å². The first-order valence-corrected chi connectivity index (χ1v) is 12.8. The number of hydrogen-bond donors (Lipinski definition) is 2. The topological polar surface area (TPSA) is 95.6 Å². The van der Waals surface area contributed by atoms with Crippen LogP contribution in [0.1, 0.15) is 34.2 Å². The SMILES string of the molecule is Cc1cc(C)cc(NC(=O)CC2C(=O)Nc3ccccc3N2S(=O)(=O)c2c(C)cc(C)cc2C)c1. The van der Waals surface area contributed by atoms with Crippen LogP contribution in [0.4, 0.5) is 17.1 Å². The Morgan fingerprint density at radius 2 is 1.49 bits per heavy atom. The first-order chi connectivity index (χ1) is 16.5. The predicted molar refractivity (Wildman–Crippen MR) is 138 cm³/mol. The molecule has 1 heterocycles. The number of fused-ring (bicyclic) bond motifs is 1. The van der Waals surface area contributed by atoms with Crippen LogP contribution in [-0.4, -0.2) is 26.3 Å². The molecule has 1 unspecified atom stereocenters. The number of amides is 2. The van der Waals surface area contributed by atoms with Crippen molar-refractivity contribution in [3.05, 3.63) is 82.4 Å². The molecule has 1 aliphatic heterocycles. The molecule has 3 aromatic carbocycles. The minimum Gasteiger partial charge on any atom is -0.326 e. The Labute approximate surface area is 206 Å². The van der Waals surface area contributed by atoms with Gasteiger partial charge in [-0.15, -0.1) is 0 Å². The van der Waals surface area contributed by atoms with Gasteiger partial charge in [0.15, 0.2) is 0 Å². The zero-order chi connectivity index (χ0) is 25.5. The lowest BCUT2D eigenvalue weighted by Crippen LogP contribution is -2.52. The fourth-order valence-corrected chi connectivity index (χ4v) is 6.89. The van der Waals surface area contributed by atoms with E-state index in [1.807, 2.05) is 39.0 Å². The van der Waals surface area contributed by atoms with E-state index >= 15 is 0 Å². The standard InChI is InChI=1S/C27H29N3O4S/c1-16-10-17(2)14-21(13-16)28-25(31)15-24-27(32)29-22-8-6-7-9-23(22)30(24)35(33,34)26-19(4)11-18(3)12-20(26)5/h6-14,24H,15H2,1-5H3,(H,28,31)(H,29,32). The molecule has 1 atom stereocenters. The van der Waals surface area contributed by atoms with Gasteiger partial charge in [-0.3, -0.25) is 13.9 Å². The van der Waals surface area contributed by atoms with Gasteiger partial charge < -0.3 is 10.6 Å². The molecule has 4 rings (SSSR count). The molecule has 35 heavy (non-hydrogen) atoms. The summed E-state index contributed by atoms with van der Waals surface area (Å²) in [5, 5.41) is 5.58. The molecule has 1 aliphatic rings. The molecule has 0 saturated carbocycles. The molecule has 8 heteroatoms. The maximum atomic E-state index is 14.1. The van der Waals surface area contributed by atoms with Crippen LogP contribution in [0.3, 0.4) is 0 Å². The normalized spacial score (nSPS) is 15.4. The number of para-hydroxylation sites is 2. The van der Waals surface area contributed by atoms with Crippen molar-refractivity contribution in [2.45, 2.75) is 52.0 Å². The summed E-state index contributed by atoms with van der Waals surface area (Å²) in [4.78, 5) is 26.3. The Morgan fingerprint density at radius 1 is 0.914 bits per heavy atom. The van der Waals surface area contributed by atoms with Gasteiger partial charge in [0, 0.05) is 5.69 Å². The quantitative estimate of drug-likeness (QED) is 0.537. The summed E-state index contributed by atoms with van der Waals surface area (Å²) in [6, 6.07) is 14.7. The highest BCUT2D eigenvalue weighted by Crippen LogP contribution is 2.38. The highest BCUT2D eigenvalue weighted by Gasteiger charge is 2.43. The molecule has 0 radical (unpaired) electrons. The maximum absolute atomic E-state index is 14.1. The van der Waals surface area contributed by atoms with Crippen molar-refractivity contribution in [3.8, 4) is 0 Å². The summed E-state index contributed by atoms with van der Waals surface area (Å²) >= 11 is 0. The number of carbonyl (C=O) groups excluding carboxylic acids is 2. The molecule has 0 spiro atoms. The van der Waals surface area contributed by atoms with Gasteiger partial charge in [-0.05, 0) is 81.1 Å². The third-order valence-electron chi connectivity index (χ3n) is 5.99. The summed E-state index contributed by atoms with van der Waals surface area (Å²) in [6.07, 6.45) is -0.337. The van der Waals surface area contributed by atoms with Gasteiger partial charge in [-0.25, -0.2) is 8.42 Å². The Bertz CT molecular complexity index is 1400. The van der Waals surface area contributed by atoms with Gasteiger partial charge in [0.05, 0.1) is 22.7 Å². The van der Waals surface area contributed by atoms with Crippen LogP contribution >= 0.6 is 0 Å². The van der Waals surface area contributed by atoms with E-state index in [2.05, 4.69) is 10.6 Å². The van der Waals surface area contributed by atoms with Crippen molar-refractivity contribution in [2.75, 3.05) is 14.9 Å². The third kappa shape index (κ3) is 4.79. The molecule has 2 N–H and O–H groups in total. The lowest BCUT2D eigenvalue weighted by Gasteiger charge is -2.37. The molecule has 182 valence electrons. The molecule has 0 saturated heterocycles. The Morgan fingerprint density at radius 3 is 2.11 bits per heavy atom. The molecular formula is C27H29N3O4S. The first-order valence-electron chi connectivity index (χ1n) is 11.4. The van der Waals surface area contributed by atoms with Gasteiger partial charge >= 0.3 is 0 Å². The molecule has 0 aromatic heterocycles.